The van der Waals surface area contributed by atoms with E-state index >= 15 is 0 Å². The fourth-order valence-corrected chi connectivity index (χ4v) is 4.19. The van der Waals surface area contributed by atoms with Gasteiger partial charge < -0.3 is 14.8 Å². The molecule has 1 heterocycles. The molecule has 0 aliphatic carbocycles. The Morgan fingerprint density at radius 3 is 2.60 bits per heavy atom. The highest BCUT2D eigenvalue weighted by molar-refractivity contribution is 9.10. The number of ether oxygens (including phenoxy) is 2. The van der Waals surface area contributed by atoms with Gasteiger partial charge in [-0.2, -0.15) is 0 Å². The molecule has 2 rings (SSSR count). The summed E-state index contributed by atoms with van der Waals surface area (Å²) in [5, 5.41) is 4.04. The van der Waals surface area contributed by atoms with E-state index in [0.29, 0.717) is 30.6 Å². The number of benzene rings is 1. The van der Waals surface area contributed by atoms with Crippen molar-refractivity contribution in [1.82, 2.24) is 0 Å². The van der Waals surface area contributed by atoms with E-state index in [0.717, 1.165) is 11.3 Å². The monoisotopic (exact) mass is 491 g/mol. The smallest absolute Gasteiger partial charge is 0.341 e. The molecule has 134 valence electrons. The van der Waals surface area contributed by atoms with Crippen LogP contribution in [0.15, 0.2) is 16.6 Å². The molecule has 1 N–H and O–H groups in total. The topological polar surface area (TPSA) is 81.7 Å². The van der Waals surface area contributed by atoms with Gasteiger partial charge in [-0.15, -0.1) is 11.3 Å². The van der Waals surface area contributed by atoms with Crippen LogP contribution in [0.3, 0.4) is 0 Å². The molecule has 2 aromatic rings. The van der Waals surface area contributed by atoms with Crippen LogP contribution in [-0.4, -0.2) is 29.8 Å². The molecule has 1 aromatic carbocycles. The summed E-state index contributed by atoms with van der Waals surface area (Å²) in [5.74, 6) is -0.945. The minimum atomic E-state index is -0.544. The number of rotatable bonds is 6. The zero-order valence-corrected chi connectivity index (χ0v) is 17.5. The molecule has 0 aliphatic heterocycles. The first-order valence-corrected chi connectivity index (χ1v) is 10.1. The third-order valence-corrected chi connectivity index (χ3v) is 5.19. The predicted molar refractivity (Wildman–Crippen MR) is 104 cm³/mol. The number of hydrogen-bond donors (Lipinski definition) is 1. The van der Waals surface area contributed by atoms with Gasteiger partial charge in [-0.1, -0.05) is 22.0 Å². The van der Waals surface area contributed by atoms with Crippen molar-refractivity contribution in [3.05, 3.63) is 22.2 Å². The van der Waals surface area contributed by atoms with E-state index in [4.69, 9.17) is 9.47 Å². The summed E-state index contributed by atoms with van der Waals surface area (Å²) in [6, 6.07) is 3.40. The minimum absolute atomic E-state index is 0.206. The number of hydrogen-bond acceptors (Lipinski definition) is 6. The van der Waals surface area contributed by atoms with Crippen molar-refractivity contribution in [2.24, 2.45) is 0 Å². The lowest BCUT2D eigenvalue weighted by Gasteiger charge is -2.07. The third kappa shape index (κ3) is 4.59. The maximum atomic E-state index is 12.4. The lowest BCUT2D eigenvalue weighted by Crippen LogP contribution is -2.11. The first-order chi connectivity index (χ1) is 11.9. The van der Waals surface area contributed by atoms with E-state index < -0.39 is 11.9 Å². The van der Waals surface area contributed by atoms with Crippen molar-refractivity contribution in [1.29, 1.82) is 0 Å². The molecule has 0 saturated carbocycles. The second-order valence-electron chi connectivity index (χ2n) is 4.87. The van der Waals surface area contributed by atoms with Gasteiger partial charge in [0.2, 0.25) is 5.91 Å². The summed E-state index contributed by atoms with van der Waals surface area (Å²) < 4.78 is 11.7. The van der Waals surface area contributed by atoms with Gasteiger partial charge in [-0.3, -0.25) is 9.59 Å². The maximum Gasteiger partial charge on any atom is 0.341 e. The van der Waals surface area contributed by atoms with E-state index in [1.54, 1.807) is 19.1 Å². The van der Waals surface area contributed by atoms with Gasteiger partial charge in [0, 0.05) is 17.6 Å². The summed E-state index contributed by atoms with van der Waals surface area (Å²) in [5.41, 5.74) is 0.252. The summed E-state index contributed by atoms with van der Waals surface area (Å²) >= 11 is 7.71. The Balaban J connectivity index is 2.63. The predicted octanol–water partition coefficient (Wildman–Crippen LogP) is 4.49. The van der Waals surface area contributed by atoms with E-state index in [1.165, 1.54) is 6.92 Å². The van der Waals surface area contributed by atoms with Crippen LogP contribution in [0.25, 0.3) is 10.1 Å². The highest BCUT2D eigenvalue weighted by Crippen LogP contribution is 2.44. The molecule has 0 fully saturated rings. The molecule has 0 saturated heterocycles. The molecular formula is C16H15Br2NO5S. The van der Waals surface area contributed by atoms with Crippen molar-refractivity contribution in [3.8, 4) is 5.75 Å². The van der Waals surface area contributed by atoms with E-state index in [-0.39, 0.29) is 24.5 Å². The molecule has 0 aliphatic rings. The molecule has 0 bridgehead atoms. The number of carbonyl (C=O) groups is 3. The normalized spacial score (nSPS) is 10.6. The Morgan fingerprint density at radius 2 is 2.00 bits per heavy atom. The minimum Gasteiger partial charge on any atom is -0.462 e. The first kappa shape index (κ1) is 19.9. The van der Waals surface area contributed by atoms with Crippen LogP contribution in [0.5, 0.6) is 5.75 Å². The number of nitrogens with one attached hydrogen (secondary N) is 1. The van der Waals surface area contributed by atoms with Gasteiger partial charge in [0.1, 0.15) is 10.6 Å². The van der Waals surface area contributed by atoms with Crippen LogP contribution in [0, 0.1) is 0 Å². The standard InChI is InChI=1S/C16H15Br2NO5S/c1-3-23-16(22)12-9-4-5-10(18)13(24-11(21)6-7-17)14(9)25-15(12)19-8(2)20/h4-5H,3,6-7H2,1-2H3,(H,19,20). The van der Waals surface area contributed by atoms with Crippen molar-refractivity contribution >= 4 is 76.1 Å². The van der Waals surface area contributed by atoms with Gasteiger partial charge in [-0.25, -0.2) is 4.79 Å². The molecule has 0 radical (unpaired) electrons. The second-order valence-corrected chi connectivity index (χ2v) is 7.54. The van der Waals surface area contributed by atoms with E-state index in [2.05, 4.69) is 37.2 Å². The van der Waals surface area contributed by atoms with Crippen molar-refractivity contribution < 1.29 is 23.9 Å². The van der Waals surface area contributed by atoms with Crippen molar-refractivity contribution in [2.75, 3.05) is 17.3 Å². The number of alkyl halides is 1. The number of carbonyl (C=O) groups excluding carboxylic acids is 3. The van der Waals surface area contributed by atoms with E-state index in [1.807, 2.05) is 0 Å². The summed E-state index contributed by atoms with van der Waals surface area (Å²) in [6.07, 6.45) is 0.206. The number of fused-ring (bicyclic) bond motifs is 1. The van der Waals surface area contributed by atoms with Gasteiger partial charge in [0.05, 0.1) is 22.2 Å². The number of amides is 1. The highest BCUT2D eigenvalue weighted by Gasteiger charge is 2.25. The number of halogens is 2. The average molecular weight is 493 g/mol. The van der Waals surface area contributed by atoms with Crippen LogP contribution in [-0.2, 0) is 14.3 Å². The van der Waals surface area contributed by atoms with Gasteiger partial charge in [0.25, 0.3) is 0 Å². The molecule has 0 spiro atoms. The number of thiophene rings is 1. The van der Waals surface area contributed by atoms with Crippen LogP contribution >= 0.6 is 43.2 Å². The highest BCUT2D eigenvalue weighted by atomic mass is 79.9. The first-order valence-electron chi connectivity index (χ1n) is 7.35. The summed E-state index contributed by atoms with van der Waals surface area (Å²) in [4.78, 5) is 35.7. The fraction of sp³-hybridized carbons (Fsp3) is 0.312. The zero-order chi connectivity index (χ0) is 18.6. The molecule has 25 heavy (non-hydrogen) atoms. The Kier molecular flexibility index (Phi) is 6.97. The molecule has 9 heteroatoms. The van der Waals surface area contributed by atoms with Crippen molar-refractivity contribution in [3.63, 3.8) is 0 Å². The molecule has 0 unspecified atom stereocenters. The maximum absolute atomic E-state index is 12.4. The molecule has 0 atom stereocenters. The molecule has 6 nitrogen and oxygen atoms in total. The van der Waals surface area contributed by atoms with Crippen LogP contribution in [0.1, 0.15) is 30.6 Å². The van der Waals surface area contributed by atoms with Crippen LogP contribution in [0.2, 0.25) is 0 Å². The average Bonchev–Trinajstić information content (AvgIpc) is 2.88. The van der Waals surface area contributed by atoms with Gasteiger partial charge in [0.15, 0.2) is 5.75 Å². The fourth-order valence-electron chi connectivity index (χ4n) is 2.10. The largest absolute Gasteiger partial charge is 0.462 e. The molecule has 1 aromatic heterocycles. The zero-order valence-electron chi connectivity index (χ0n) is 13.5. The molecular weight excluding hydrogens is 478 g/mol. The van der Waals surface area contributed by atoms with E-state index in [9.17, 15) is 14.4 Å². The Bertz CT molecular complexity index is 834. The Morgan fingerprint density at radius 1 is 1.28 bits per heavy atom. The van der Waals surface area contributed by atoms with Gasteiger partial charge >= 0.3 is 11.9 Å². The second kappa shape index (κ2) is 8.77. The third-order valence-electron chi connectivity index (χ3n) is 3.05. The SMILES string of the molecule is CCOC(=O)c1c(NC(C)=O)sc2c(OC(=O)CCBr)c(Br)ccc12. The summed E-state index contributed by atoms with van der Waals surface area (Å²) in [6.45, 7) is 3.26. The quantitative estimate of drug-likeness (QED) is 0.365. The Hall–Kier alpha value is -1.45. The lowest BCUT2D eigenvalue weighted by atomic mass is 10.1. The van der Waals surface area contributed by atoms with Crippen LogP contribution in [0.4, 0.5) is 5.00 Å². The van der Waals surface area contributed by atoms with Crippen LogP contribution < -0.4 is 10.1 Å². The molecule has 1 amide bonds. The number of anilines is 1. The van der Waals surface area contributed by atoms with Gasteiger partial charge in [-0.05, 0) is 28.9 Å². The summed E-state index contributed by atoms with van der Waals surface area (Å²) in [7, 11) is 0. The Labute approximate surface area is 165 Å². The number of esters is 2. The lowest BCUT2D eigenvalue weighted by molar-refractivity contribution is -0.133. The van der Waals surface area contributed by atoms with Crippen molar-refractivity contribution in [2.45, 2.75) is 20.3 Å².